The number of hydrogen-bond acceptors (Lipinski definition) is 3. The van der Waals surface area contributed by atoms with Crippen LogP contribution < -0.4 is 0 Å². The molecule has 0 aliphatic carbocycles. The average Bonchev–Trinajstić information content (AvgIpc) is 2.85. The van der Waals surface area contributed by atoms with Crippen LogP contribution >= 0.6 is 11.6 Å². The molecular weight excluding hydrogens is 278 g/mol. The summed E-state index contributed by atoms with van der Waals surface area (Å²) in [6.45, 7) is 1.90. The number of aromatic carboxylic acids is 1. The second kappa shape index (κ2) is 4.65. The number of hydrogen-bond donors (Lipinski definition) is 1. The molecule has 0 saturated heterocycles. The Morgan fingerprint density at radius 3 is 2.80 bits per heavy atom. The average molecular weight is 288 g/mol. The van der Waals surface area contributed by atoms with E-state index in [-0.39, 0.29) is 11.1 Å². The lowest BCUT2D eigenvalue weighted by Gasteiger charge is -1.99. The topological polar surface area (TPSA) is 63.3 Å². The van der Waals surface area contributed by atoms with E-state index in [1.807, 2.05) is 19.1 Å². The number of carboxylic acids is 1. The lowest BCUT2D eigenvalue weighted by atomic mass is 10.1. The van der Waals surface area contributed by atoms with Gasteiger partial charge in [-0.15, -0.1) is 0 Å². The number of para-hydroxylation sites is 1. The van der Waals surface area contributed by atoms with E-state index >= 15 is 0 Å². The molecule has 2 aromatic carbocycles. The summed E-state index contributed by atoms with van der Waals surface area (Å²) in [7, 11) is 0. The predicted octanol–water partition coefficient (Wildman–Crippen LogP) is 4.15. The highest BCUT2D eigenvalue weighted by Gasteiger charge is 2.15. The van der Waals surface area contributed by atoms with Crippen molar-refractivity contribution in [3.05, 3.63) is 52.5 Å². The predicted molar refractivity (Wildman–Crippen MR) is 76.2 cm³/mol. The Hall–Kier alpha value is -2.33. The molecule has 3 rings (SSSR count). The highest BCUT2D eigenvalue weighted by Crippen LogP contribution is 2.29. The highest BCUT2D eigenvalue weighted by molar-refractivity contribution is 6.31. The Bertz CT molecular complexity index is 823. The van der Waals surface area contributed by atoms with Crippen molar-refractivity contribution in [3.8, 4) is 11.5 Å². The smallest absolute Gasteiger partial charge is 0.339 e. The molecule has 0 fully saturated rings. The summed E-state index contributed by atoms with van der Waals surface area (Å²) in [5.41, 5.74) is 2.55. The molecule has 0 amide bonds. The number of carboxylic acid groups (broad SMARTS) is 1. The van der Waals surface area contributed by atoms with Crippen molar-refractivity contribution in [3.63, 3.8) is 0 Å². The number of oxazole rings is 1. The van der Waals surface area contributed by atoms with E-state index in [9.17, 15) is 4.79 Å². The van der Waals surface area contributed by atoms with E-state index in [1.54, 1.807) is 18.2 Å². The summed E-state index contributed by atoms with van der Waals surface area (Å²) in [6.07, 6.45) is 0. The first-order valence-corrected chi connectivity index (χ1v) is 6.33. The Balaban J connectivity index is 2.20. The summed E-state index contributed by atoms with van der Waals surface area (Å²) in [5, 5.41) is 9.75. The van der Waals surface area contributed by atoms with E-state index in [0.29, 0.717) is 22.0 Å². The molecule has 0 atom stereocenters. The minimum Gasteiger partial charge on any atom is -0.478 e. The Labute approximate surface area is 119 Å². The van der Waals surface area contributed by atoms with Gasteiger partial charge in [0.25, 0.3) is 0 Å². The number of aromatic nitrogens is 1. The van der Waals surface area contributed by atoms with E-state index in [2.05, 4.69) is 4.98 Å². The van der Waals surface area contributed by atoms with E-state index < -0.39 is 5.97 Å². The van der Waals surface area contributed by atoms with E-state index in [1.165, 1.54) is 6.07 Å². The van der Waals surface area contributed by atoms with Crippen LogP contribution in [-0.2, 0) is 0 Å². The van der Waals surface area contributed by atoms with Crippen molar-refractivity contribution in [2.45, 2.75) is 6.92 Å². The summed E-state index contributed by atoms with van der Waals surface area (Å²) < 4.78 is 5.59. The van der Waals surface area contributed by atoms with Gasteiger partial charge < -0.3 is 9.52 Å². The van der Waals surface area contributed by atoms with Crippen molar-refractivity contribution >= 4 is 28.7 Å². The second-order valence-corrected chi connectivity index (χ2v) is 4.85. The third kappa shape index (κ3) is 2.04. The third-order valence-electron chi connectivity index (χ3n) is 3.06. The summed E-state index contributed by atoms with van der Waals surface area (Å²) in [5.74, 6) is -0.684. The van der Waals surface area contributed by atoms with Gasteiger partial charge in [0, 0.05) is 10.6 Å². The Morgan fingerprint density at radius 1 is 1.30 bits per heavy atom. The van der Waals surface area contributed by atoms with Gasteiger partial charge in [-0.05, 0) is 36.8 Å². The van der Waals surface area contributed by atoms with Crippen LogP contribution in [0.25, 0.3) is 22.6 Å². The van der Waals surface area contributed by atoms with Crippen LogP contribution in [0.5, 0.6) is 0 Å². The zero-order valence-electron chi connectivity index (χ0n) is 10.6. The first kappa shape index (κ1) is 12.7. The van der Waals surface area contributed by atoms with Gasteiger partial charge >= 0.3 is 5.97 Å². The molecule has 0 radical (unpaired) electrons. The normalized spacial score (nSPS) is 10.9. The molecular formula is C15H10ClNO3. The summed E-state index contributed by atoms with van der Waals surface area (Å²) in [6, 6.07) is 10.3. The maximum absolute atomic E-state index is 11.2. The van der Waals surface area contributed by atoms with Gasteiger partial charge in [0.05, 0.1) is 0 Å². The molecule has 1 aromatic heterocycles. The fraction of sp³-hybridized carbons (Fsp3) is 0.0667. The van der Waals surface area contributed by atoms with Gasteiger partial charge in [-0.2, -0.15) is 0 Å². The second-order valence-electron chi connectivity index (χ2n) is 4.44. The van der Waals surface area contributed by atoms with Gasteiger partial charge in [0.15, 0.2) is 5.58 Å². The van der Waals surface area contributed by atoms with Gasteiger partial charge in [0.2, 0.25) is 5.89 Å². The number of rotatable bonds is 2. The molecule has 20 heavy (non-hydrogen) atoms. The maximum Gasteiger partial charge on any atom is 0.339 e. The number of aryl methyl sites for hydroxylation is 1. The van der Waals surface area contributed by atoms with Gasteiger partial charge in [0.1, 0.15) is 11.1 Å². The molecule has 5 heteroatoms. The molecule has 100 valence electrons. The molecule has 0 spiro atoms. The van der Waals surface area contributed by atoms with E-state index in [0.717, 1.165) is 5.56 Å². The Morgan fingerprint density at radius 2 is 2.10 bits per heavy atom. The van der Waals surface area contributed by atoms with Gasteiger partial charge in [-0.3, -0.25) is 0 Å². The minimum atomic E-state index is -1.04. The number of nitrogens with zero attached hydrogens (tertiary/aromatic N) is 1. The first-order chi connectivity index (χ1) is 9.56. The lowest BCUT2D eigenvalue weighted by molar-refractivity contribution is 0.0698. The SMILES string of the molecule is Cc1ccc(-c2nc3cccc(C(=O)O)c3o2)cc1Cl. The standard InChI is InChI=1S/C15H10ClNO3/c1-8-5-6-9(7-11(8)16)14-17-12-4-2-3-10(15(18)19)13(12)20-14/h2-7H,1H3,(H,18,19). The molecule has 3 aromatic rings. The van der Waals surface area contributed by atoms with Crippen molar-refractivity contribution in [2.24, 2.45) is 0 Å². The number of benzene rings is 2. The molecule has 0 unspecified atom stereocenters. The van der Waals surface area contributed by atoms with Crippen molar-refractivity contribution < 1.29 is 14.3 Å². The van der Waals surface area contributed by atoms with Crippen LogP contribution in [0.3, 0.4) is 0 Å². The van der Waals surface area contributed by atoms with Crippen molar-refractivity contribution in [1.82, 2.24) is 4.98 Å². The molecule has 0 aliphatic heterocycles. The molecule has 0 bridgehead atoms. The zero-order valence-corrected chi connectivity index (χ0v) is 11.3. The van der Waals surface area contributed by atoms with Crippen LogP contribution in [0.1, 0.15) is 15.9 Å². The third-order valence-corrected chi connectivity index (χ3v) is 3.47. The summed E-state index contributed by atoms with van der Waals surface area (Å²) in [4.78, 5) is 15.5. The molecule has 0 aliphatic rings. The number of halogens is 1. The largest absolute Gasteiger partial charge is 0.478 e. The lowest BCUT2D eigenvalue weighted by Crippen LogP contribution is -1.95. The highest BCUT2D eigenvalue weighted by atomic mass is 35.5. The van der Waals surface area contributed by atoms with Gasteiger partial charge in [-0.25, -0.2) is 9.78 Å². The fourth-order valence-corrected chi connectivity index (χ4v) is 2.15. The van der Waals surface area contributed by atoms with Crippen LogP contribution in [-0.4, -0.2) is 16.1 Å². The van der Waals surface area contributed by atoms with Crippen LogP contribution in [0, 0.1) is 6.92 Å². The quantitative estimate of drug-likeness (QED) is 0.769. The molecule has 1 heterocycles. The van der Waals surface area contributed by atoms with Crippen LogP contribution in [0.15, 0.2) is 40.8 Å². The van der Waals surface area contributed by atoms with Crippen molar-refractivity contribution in [2.75, 3.05) is 0 Å². The fourth-order valence-electron chi connectivity index (χ4n) is 1.97. The van der Waals surface area contributed by atoms with Crippen molar-refractivity contribution in [1.29, 1.82) is 0 Å². The monoisotopic (exact) mass is 287 g/mol. The number of fused-ring (bicyclic) bond motifs is 1. The molecule has 1 N–H and O–H groups in total. The maximum atomic E-state index is 11.2. The molecule has 0 saturated carbocycles. The Kier molecular flexibility index (Phi) is 2.95. The summed E-state index contributed by atoms with van der Waals surface area (Å²) >= 11 is 6.08. The molecule has 4 nitrogen and oxygen atoms in total. The number of carbonyl (C=O) groups is 1. The van der Waals surface area contributed by atoms with Crippen LogP contribution in [0.2, 0.25) is 5.02 Å². The van der Waals surface area contributed by atoms with Crippen LogP contribution in [0.4, 0.5) is 0 Å². The zero-order chi connectivity index (χ0) is 14.3. The first-order valence-electron chi connectivity index (χ1n) is 5.95. The minimum absolute atomic E-state index is 0.0967. The van der Waals surface area contributed by atoms with E-state index in [4.69, 9.17) is 21.1 Å². The van der Waals surface area contributed by atoms with Gasteiger partial charge in [-0.1, -0.05) is 23.7 Å².